The minimum Gasteiger partial charge on any atom is -0.299 e. The molecule has 0 saturated heterocycles. The van der Waals surface area contributed by atoms with Gasteiger partial charge in [0.1, 0.15) is 5.78 Å². The van der Waals surface area contributed by atoms with E-state index in [0.29, 0.717) is 24.0 Å². The summed E-state index contributed by atoms with van der Waals surface area (Å²) in [4.78, 5) is 13.0. The average Bonchev–Trinajstić information content (AvgIpc) is 3.09. The Balaban J connectivity index is 1.67. The van der Waals surface area contributed by atoms with Crippen molar-refractivity contribution in [2.45, 2.75) is 32.6 Å². The van der Waals surface area contributed by atoms with Crippen LogP contribution in [0.3, 0.4) is 0 Å². The third kappa shape index (κ3) is 1.52. The Labute approximate surface area is 131 Å². The lowest BCUT2D eigenvalue weighted by atomic mass is 9.63. The summed E-state index contributed by atoms with van der Waals surface area (Å²) in [6.45, 7) is 2.15. The molecule has 110 valence electrons. The fourth-order valence-corrected chi connectivity index (χ4v) is 5.17. The van der Waals surface area contributed by atoms with Crippen molar-refractivity contribution < 1.29 is 4.79 Å². The molecule has 1 fully saturated rings. The number of aryl methyl sites for hydroxylation is 1. The van der Waals surface area contributed by atoms with Crippen LogP contribution in [0.25, 0.3) is 10.8 Å². The van der Waals surface area contributed by atoms with Crippen molar-refractivity contribution >= 4 is 16.6 Å². The number of carbonyl (C=O) groups excluding carboxylic acids is 1. The van der Waals surface area contributed by atoms with Gasteiger partial charge in [0.2, 0.25) is 0 Å². The van der Waals surface area contributed by atoms with E-state index in [1.165, 1.54) is 33.9 Å². The Hall–Kier alpha value is -1.89. The van der Waals surface area contributed by atoms with E-state index in [4.69, 9.17) is 0 Å². The number of carbonyl (C=O) groups is 1. The Bertz CT molecular complexity index is 844. The van der Waals surface area contributed by atoms with Gasteiger partial charge in [0.05, 0.1) is 0 Å². The van der Waals surface area contributed by atoms with Crippen molar-refractivity contribution in [2.24, 2.45) is 17.3 Å². The van der Waals surface area contributed by atoms with Crippen LogP contribution in [-0.4, -0.2) is 5.78 Å². The van der Waals surface area contributed by atoms with Crippen LogP contribution in [0.2, 0.25) is 0 Å². The fraction of sp³-hybridized carbons (Fsp3) is 0.381. The first kappa shape index (κ1) is 12.6. The number of rotatable bonds is 0. The monoisotopic (exact) mass is 288 g/mol. The number of Topliss-reactive ketones (excluding diaryl/α,β-unsaturated/α-hetero) is 1. The topological polar surface area (TPSA) is 17.1 Å². The molecule has 3 aliphatic rings. The molecule has 1 heteroatoms. The molecule has 2 aromatic rings. The van der Waals surface area contributed by atoms with Crippen LogP contribution in [0.5, 0.6) is 0 Å². The number of benzene rings is 2. The molecule has 0 heterocycles. The molecule has 3 unspecified atom stereocenters. The maximum absolute atomic E-state index is 13.0. The molecule has 0 N–H and O–H groups in total. The highest BCUT2D eigenvalue weighted by Crippen LogP contribution is 2.56. The summed E-state index contributed by atoms with van der Waals surface area (Å²) in [6, 6.07) is 11.1. The minimum atomic E-state index is -0.0794. The molecule has 0 aromatic heterocycles. The zero-order valence-corrected chi connectivity index (χ0v) is 12.9. The first-order valence-corrected chi connectivity index (χ1v) is 8.38. The van der Waals surface area contributed by atoms with Crippen LogP contribution in [0.15, 0.2) is 42.5 Å². The van der Waals surface area contributed by atoms with E-state index in [1.54, 1.807) is 0 Å². The van der Waals surface area contributed by atoms with Crippen molar-refractivity contribution in [2.75, 3.05) is 0 Å². The zero-order valence-electron chi connectivity index (χ0n) is 12.9. The average molecular weight is 288 g/mol. The predicted octanol–water partition coefficient (Wildman–Crippen LogP) is 4.40. The number of fused-ring (bicyclic) bond motifs is 5. The number of hydrogen-bond donors (Lipinski definition) is 0. The Kier molecular flexibility index (Phi) is 2.35. The molecule has 1 spiro atoms. The molecule has 1 saturated carbocycles. The van der Waals surface area contributed by atoms with E-state index in [1.807, 2.05) is 0 Å². The third-order valence-corrected chi connectivity index (χ3v) is 6.34. The van der Waals surface area contributed by atoms with Gasteiger partial charge in [0.15, 0.2) is 0 Å². The summed E-state index contributed by atoms with van der Waals surface area (Å²) >= 11 is 0. The molecule has 0 aliphatic heterocycles. The van der Waals surface area contributed by atoms with E-state index in [2.05, 4.69) is 49.4 Å². The summed E-state index contributed by atoms with van der Waals surface area (Å²) in [5.74, 6) is 1.63. The summed E-state index contributed by atoms with van der Waals surface area (Å²) in [5.41, 5.74) is 3.91. The van der Waals surface area contributed by atoms with Crippen molar-refractivity contribution in [1.82, 2.24) is 0 Å². The van der Waals surface area contributed by atoms with Crippen molar-refractivity contribution in [3.8, 4) is 0 Å². The molecular formula is C21H20O. The smallest absolute Gasteiger partial charge is 0.144 e. The van der Waals surface area contributed by atoms with Crippen molar-refractivity contribution in [3.63, 3.8) is 0 Å². The second-order valence-electron chi connectivity index (χ2n) is 7.54. The molecule has 2 bridgehead atoms. The normalized spacial score (nSPS) is 32.1. The summed E-state index contributed by atoms with van der Waals surface area (Å²) in [7, 11) is 0. The van der Waals surface area contributed by atoms with E-state index < -0.39 is 0 Å². The lowest BCUT2D eigenvalue weighted by molar-refractivity contribution is -0.130. The van der Waals surface area contributed by atoms with Gasteiger partial charge in [-0.25, -0.2) is 0 Å². The van der Waals surface area contributed by atoms with E-state index in [-0.39, 0.29) is 5.41 Å². The van der Waals surface area contributed by atoms with Gasteiger partial charge in [-0.3, -0.25) is 4.79 Å². The van der Waals surface area contributed by atoms with Gasteiger partial charge in [-0.2, -0.15) is 0 Å². The second kappa shape index (κ2) is 4.10. The maximum atomic E-state index is 13.0. The van der Waals surface area contributed by atoms with Gasteiger partial charge in [0.25, 0.3) is 0 Å². The molecular weight excluding hydrogens is 268 g/mol. The zero-order chi connectivity index (χ0) is 14.9. The molecule has 0 amide bonds. The second-order valence-corrected chi connectivity index (χ2v) is 7.54. The lowest BCUT2D eigenvalue weighted by Crippen LogP contribution is -2.41. The van der Waals surface area contributed by atoms with Crippen molar-refractivity contribution in [1.29, 1.82) is 0 Å². The third-order valence-electron chi connectivity index (χ3n) is 6.34. The van der Waals surface area contributed by atoms with Crippen LogP contribution >= 0.6 is 0 Å². The quantitative estimate of drug-likeness (QED) is 0.657. The standard InChI is InChI=1S/C21H20O/c1-13-3-2-4-15-8-17-12-21(11-14-5-6-18(21)7-14)20(22)10-16(17)9-19(13)15/h2-6,8-9,14,18H,7,10-12H2,1H3. The largest absolute Gasteiger partial charge is 0.299 e. The maximum Gasteiger partial charge on any atom is 0.144 e. The van der Waals surface area contributed by atoms with Gasteiger partial charge in [-0.15, -0.1) is 0 Å². The van der Waals surface area contributed by atoms with Crippen LogP contribution in [0.4, 0.5) is 0 Å². The molecule has 5 rings (SSSR count). The van der Waals surface area contributed by atoms with Crippen LogP contribution in [-0.2, 0) is 17.6 Å². The number of hydrogen-bond acceptors (Lipinski definition) is 1. The van der Waals surface area contributed by atoms with Gasteiger partial charge < -0.3 is 0 Å². The van der Waals surface area contributed by atoms with E-state index in [9.17, 15) is 4.79 Å². The van der Waals surface area contributed by atoms with Crippen LogP contribution in [0.1, 0.15) is 29.5 Å². The molecule has 2 aromatic carbocycles. The predicted molar refractivity (Wildman–Crippen MR) is 88.9 cm³/mol. The van der Waals surface area contributed by atoms with E-state index >= 15 is 0 Å². The number of ketones is 1. The van der Waals surface area contributed by atoms with Crippen LogP contribution < -0.4 is 0 Å². The van der Waals surface area contributed by atoms with Gasteiger partial charge in [-0.1, -0.05) is 42.5 Å². The summed E-state index contributed by atoms with van der Waals surface area (Å²) < 4.78 is 0. The highest BCUT2D eigenvalue weighted by Gasteiger charge is 2.54. The van der Waals surface area contributed by atoms with Crippen LogP contribution in [0, 0.1) is 24.2 Å². The Morgan fingerprint density at radius 3 is 2.82 bits per heavy atom. The molecule has 1 nitrogen and oxygen atoms in total. The Morgan fingerprint density at radius 2 is 2.05 bits per heavy atom. The van der Waals surface area contributed by atoms with Gasteiger partial charge in [0, 0.05) is 11.8 Å². The SMILES string of the molecule is Cc1cccc2cc3c(cc12)CC(=O)C1(C3)CC2C=CC1C2. The summed E-state index contributed by atoms with van der Waals surface area (Å²) in [6.07, 6.45) is 8.53. The highest BCUT2D eigenvalue weighted by molar-refractivity contribution is 5.94. The lowest BCUT2D eigenvalue weighted by Gasteiger charge is -2.38. The molecule has 3 atom stereocenters. The minimum absolute atomic E-state index is 0.0794. The number of allylic oxidation sites excluding steroid dienone is 2. The molecule has 0 radical (unpaired) electrons. The first-order valence-electron chi connectivity index (χ1n) is 8.38. The summed E-state index contributed by atoms with van der Waals surface area (Å²) in [5, 5.41) is 2.62. The molecule has 22 heavy (non-hydrogen) atoms. The van der Waals surface area contributed by atoms with Gasteiger partial charge in [-0.05, 0) is 65.5 Å². The molecule has 3 aliphatic carbocycles. The van der Waals surface area contributed by atoms with Crippen molar-refractivity contribution in [3.05, 3.63) is 59.2 Å². The fourth-order valence-electron chi connectivity index (χ4n) is 5.17. The Morgan fingerprint density at radius 1 is 1.14 bits per heavy atom. The van der Waals surface area contributed by atoms with Gasteiger partial charge >= 0.3 is 0 Å². The first-order chi connectivity index (χ1) is 10.7. The van der Waals surface area contributed by atoms with E-state index in [0.717, 1.165) is 12.8 Å². The highest BCUT2D eigenvalue weighted by atomic mass is 16.1.